The van der Waals surface area contributed by atoms with Crippen LogP contribution in [0.1, 0.15) is 47.8 Å². The number of aryl methyl sites for hydroxylation is 2. The number of pyridine rings is 1. The van der Waals surface area contributed by atoms with Crippen LogP contribution in [0.3, 0.4) is 0 Å². The quantitative estimate of drug-likeness (QED) is 0.487. The van der Waals surface area contributed by atoms with Gasteiger partial charge < -0.3 is 4.98 Å². The number of hydrogen-bond acceptors (Lipinski definition) is 3. The highest BCUT2D eigenvalue weighted by atomic mass is 19.1. The predicted octanol–water partition coefficient (Wildman–Crippen LogP) is 4.99. The Hall–Kier alpha value is -2.99. The van der Waals surface area contributed by atoms with Crippen molar-refractivity contribution in [1.29, 1.82) is 0 Å². The van der Waals surface area contributed by atoms with Crippen molar-refractivity contribution < 1.29 is 4.39 Å². The van der Waals surface area contributed by atoms with E-state index in [1.807, 2.05) is 18.5 Å². The van der Waals surface area contributed by atoms with E-state index in [4.69, 9.17) is 10.1 Å². The first-order valence-corrected chi connectivity index (χ1v) is 10.5. The number of halogens is 1. The highest BCUT2D eigenvalue weighted by molar-refractivity contribution is 5.86. The third-order valence-electron chi connectivity index (χ3n) is 6.28. The van der Waals surface area contributed by atoms with Crippen LogP contribution in [-0.4, -0.2) is 31.7 Å². The largest absolute Gasteiger partial charge is 0.346 e. The lowest BCUT2D eigenvalue weighted by Crippen LogP contribution is -2.21. The maximum atomic E-state index is 14.2. The molecule has 0 aliphatic carbocycles. The van der Waals surface area contributed by atoms with Crippen LogP contribution >= 0.6 is 0 Å². The first-order valence-electron chi connectivity index (χ1n) is 10.5. The second-order valence-electron chi connectivity index (χ2n) is 8.32. The van der Waals surface area contributed by atoms with Crippen LogP contribution in [-0.2, 0) is 19.6 Å². The Morgan fingerprint density at radius 2 is 2.03 bits per heavy atom. The number of nitrogens with one attached hydrogen (secondary N) is 1. The minimum absolute atomic E-state index is 0.0493. The normalized spacial score (nSPS) is 16.9. The Kier molecular flexibility index (Phi) is 4.47. The summed E-state index contributed by atoms with van der Waals surface area (Å²) in [7, 11) is 2.11. The van der Waals surface area contributed by atoms with Crippen LogP contribution in [0.15, 0.2) is 36.7 Å². The number of nitrogens with zero attached hydrogens (tertiary/aromatic N) is 4. The summed E-state index contributed by atoms with van der Waals surface area (Å²) in [5.74, 6) is -0.149. The zero-order chi connectivity index (χ0) is 21.0. The van der Waals surface area contributed by atoms with Crippen molar-refractivity contribution in [3.8, 4) is 11.1 Å². The van der Waals surface area contributed by atoms with E-state index < -0.39 is 0 Å². The van der Waals surface area contributed by atoms with Gasteiger partial charge in [-0.15, -0.1) is 0 Å². The van der Waals surface area contributed by atoms with Gasteiger partial charge in [0.15, 0.2) is 0 Å². The van der Waals surface area contributed by atoms with Gasteiger partial charge in [0, 0.05) is 54.5 Å². The average molecular weight is 404 g/mol. The molecule has 4 heterocycles. The minimum atomic E-state index is -0.198. The van der Waals surface area contributed by atoms with E-state index in [1.54, 1.807) is 12.1 Å². The van der Waals surface area contributed by atoms with Crippen molar-refractivity contribution in [2.24, 2.45) is 0 Å². The van der Waals surface area contributed by atoms with Gasteiger partial charge in [0.05, 0.1) is 11.4 Å². The second kappa shape index (κ2) is 7.06. The van der Waals surface area contributed by atoms with Crippen LogP contribution < -0.4 is 0 Å². The molecule has 1 unspecified atom stereocenters. The molecule has 5 nitrogen and oxygen atoms in total. The molecular formula is C24H26FN5. The molecule has 5 rings (SSSR count). The molecule has 1 aromatic carbocycles. The van der Waals surface area contributed by atoms with Crippen molar-refractivity contribution in [1.82, 2.24) is 24.6 Å². The molecule has 0 saturated carbocycles. The van der Waals surface area contributed by atoms with E-state index in [9.17, 15) is 4.39 Å². The van der Waals surface area contributed by atoms with Gasteiger partial charge in [-0.2, -0.15) is 5.10 Å². The molecule has 4 aromatic rings. The topological polar surface area (TPSA) is 49.7 Å². The summed E-state index contributed by atoms with van der Waals surface area (Å²) in [5, 5.41) is 5.88. The number of benzene rings is 1. The first-order chi connectivity index (χ1) is 14.5. The standard InChI is InChI=1S/C24H26FN5/c1-5-30-22-13-29(4)12-16-6-7-18(25)9-19(16)14(2)21-11-27-24-20(21)8-17(10-26-24)23(22)15(3)28-30/h6-11,14H,5,12-13H2,1-4H3,(H,26,27). The lowest BCUT2D eigenvalue weighted by Gasteiger charge is -2.23. The molecule has 30 heavy (non-hydrogen) atoms. The summed E-state index contributed by atoms with van der Waals surface area (Å²) >= 11 is 0. The lowest BCUT2D eigenvalue weighted by atomic mass is 9.88. The summed E-state index contributed by atoms with van der Waals surface area (Å²) in [6, 6.07) is 7.37. The number of fused-ring (bicyclic) bond motifs is 4. The van der Waals surface area contributed by atoms with Gasteiger partial charge in [-0.3, -0.25) is 9.58 Å². The van der Waals surface area contributed by atoms with Gasteiger partial charge in [0.1, 0.15) is 11.5 Å². The van der Waals surface area contributed by atoms with Gasteiger partial charge in [0.25, 0.3) is 0 Å². The van der Waals surface area contributed by atoms with Gasteiger partial charge in [-0.1, -0.05) is 13.0 Å². The molecule has 1 aliphatic heterocycles. The number of rotatable bonds is 1. The van der Waals surface area contributed by atoms with E-state index in [-0.39, 0.29) is 11.7 Å². The van der Waals surface area contributed by atoms with Gasteiger partial charge in [-0.05, 0) is 55.8 Å². The lowest BCUT2D eigenvalue weighted by molar-refractivity contribution is 0.306. The van der Waals surface area contributed by atoms with Crippen LogP contribution in [0.25, 0.3) is 22.2 Å². The maximum Gasteiger partial charge on any atom is 0.137 e. The minimum Gasteiger partial charge on any atom is -0.346 e. The Bertz CT molecular complexity index is 1250. The molecule has 0 radical (unpaired) electrons. The molecule has 6 heteroatoms. The number of hydrogen-bond donors (Lipinski definition) is 1. The molecule has 0 spiro atoms. The Labute approximate surface area is 175 Å². The molecule has 2 bridgehead atoms. The molecule has 1 aliphatic rings. The fourth-order valence-corrected chi connectivity index (χ4v) is 4.83. The van der Waals surface area contributed by atoms with Gasteiger partial charge in [0.2, 0.25) is 0 Å². The van der Waals surface area contributed by atoms with E-state index >= 15 is 0 Å². The maximum absolute atomic E-state index is 14.2. The summed E-state index contributed by atoms with van der Waals surface area (Å²) in [4.78, 5) is 10.3. The summed E-state index contributed by atoms with van der Waals surface area (Å²) in [5.41, 5.74) is 8.61. The third-order valence-corrected chi connectivity index (χ3v) is 6.28. The number of aromatic nitrogens is 4. The van der Waals surface area contributed by atoms with Crippen LogP contribution in [0.2, 0.25) is 0 Å². The molecule has 1 N–H and O–H groups in total. The predicted molar refractivity (Wildman–Crippen MR) is 117 cm³/mol. The molecule has 0 amide bonds. The SMILES string of the molecule is CCn1nc(C)c2c1CN(C)Cc1ccc(F)cc1C(C)c1c[nH]c3ncc-2cc13. The fourth-order valence-electron chi connectivity index (χ4n) is 4.83. The van der Waals surface area contributed by atoms with Crippen LogP contribution in [0, 0.1) is 12.7 Å². The van der Waals surface area contributed by atoms with Gasteiger partial charge >= 0.3 is 0 Å². The summed E-state index contributed by atoms with van der Waals surface area (Å²) < 4.78 is 16.3. The molecule has 3 aromatic heterocycles. The monoisotopic (exact) mass is 403 g/mol. The molecule has 0 fully saturated rings. The Morgan fingerprint density at radius 3 is 2.83 bits per heavy atom. The molecule has 154 valence electrons. The van der Waals surface area contributed by atoms with Crippen molar-refractivity contribution in [3.63, 3.8) is 0 Å². The average Bonchev–Trinajstić information content (AvgIpc) is 3.28. The molecular weight excluding hydrogens is 377 g/mol. The summed E-state index contributed by atoms with van der Waals surface area (Å²) in [6.45, 7) is 8.65. The van der Waals surface area contributed by atoms with Crippen molar-refractivity contribution in [2.45, 2.75) is 46.3 Å². The Balaban J connectivity index is 1.81. The third kappa shape index (κ3) is 2.94. The van der Waals surface area contributed by atoms with E-state index in [2.05, 4.69) is 48.5 Å². The highest BCUT2D eigenvalue weighted by Gasteiger charge is 2.23. The van der Waals surface area contributed by atoms with Crippen molar-refractivity contribution in [3.05, 3.63) is 70.6 Å². The van der Waals surface area contributed by atoms with Crippen molar-refractivity contribution in [2.75, 3.05) is 7.05 Å². The van der Waals surface area contributed by atoms with E-state index in [1.165, 1.54) is 5.69 Å². The highest BCUT2D eigenvalue weighted by Crippen LogP contribution is 2.37. The second-order valence-corrected chi connectivity index (χ2v) is 8.32. The first kappa shape index (κ1) is 19.0. The zero-order valence-electron chi connectivity index (χ0n) is 17.8. The zero-order valence-corrected chi connectivity index (χ0v) is 17.8. The van der Waals surface area contributed by atoms with Gasteiger partial charge in [-0.25, -0.2) is 9.37 Å². The molecule has 0 saturated heterocycles. The number of H-pyrrole nitrogens is 1. The fraction of sp³-hybridized carbons (Fsp3) is 0.333. The Morgan fingerprint density at radius 1 is 1.20 bits per heavy atom. The van der Waals surface area contributed by atoms with Crippen molar-refractivity contribution >= 4 is 11.0 Å². The van der Waals surface area contributed by atoms with E-state index in [0.717, 1.165) is 64.2 Å². The van der Waals surface area contributed by atoms with E-state index in [0.29, 0.717) is 0 Å². The number of aromatic amines is 1. The summed E-state index contributed by atoms with van der Waals surface area (Å²) in [6.07, 6.45) is 3.94. The van der Waals surface area contributed by atoms with Crippen LogP contribution in [0.4, 0.5) is 4.39 Å². The smallest absolute Gasteiger partial charge is 0.137 e. The van der Waals surface area contributed by atoms with Crippen LogP contribution in [0.5, 0.6) is 0 Å². The molecule has 1 atom stereocenters.